The molecule has 0 aromatic rings. The van der Waals surface area contributed by atoms with Gasteiger partial charge in [-0.05, 0) is 19.9 Å². The van der Waals surface area contributed by atoms with E-state index in [0.29, 0.717) is 37.1 Å². The van der Waals surface area contributed by atoms with Gasteiger partial charge in [0.1, 0.15) is 24.3 Å². The third kappa shape index (κ3) is 4.60. The number of carbonyl (C=O) groups is 2. The van der Waals surface area contributed by atoms with Gasteiger partial charge in [0.05, 0.1) is 20.1 Å². The molecular formula is C21H40N6O2+2. The van der Waals surface area contributed by atoms with Crippen molar-refractivity contribution in [3.63, 3.8) is 0 Å². The Morgan fingerprint density at radius 3 is 2.69 bits per heavy atom. The highest BCUT2D eigenvalue weighted by Gasteiger charge is 2.46. The molecule has 5 unspecified atom stereocenters. The maximum atomic E-state index is 12.9. The molecule has 4 N–H and O–H groups in total. The molecule has 4 fully saturated rings. The van der Waals surface area contributed by atoms with Crippen molar-refractivity contribution in [2.75, 3.05) is 59.9 Å². The maximum Gasteiger partial charge on any atom is 0.243 e. The fourth-order valence-corrected chi connectivity index (χ4v) is 5.94. The minimum absolute atomic E-state index is 0.0135. The second-order valence-corrected chi connectivity index (χ2v) is 9.55. The van der Waals surface area contributed by atoms with Crippen molar-refractivity contribution >= 4 is 11.8 Å². The van der Waals surface area contributed by atoms with E-state index in [4.69, 9.17) is 0 Å². The molecular weight excluding hydrogens is 368 g/mol. The molecule has 164 valence electrons. The van der Waals surface area contributed by atoms with E-state index < -0.39 is 0 Å². The average Bonchev–Trinajstić information content (AvgIpc) is 3.09. The highest BCUT2D eigenvalue weighted by atomic mass is 16.2. The van der Waals surface area contributed by atoms with Gasteiger partial charge in [-0.25, -0.2) is 0 Å². The van der Waals surface area contributed by atoms with Crippen LogP contribution >= 0.6 is 0 Å². The van der Waals surface area contributed by atoms with Crippen LogP contribution in [0, 0.1) is 0 Å². The molecule has 0 aromatic heterocycles. The Morgan fingerprint density at radius 2 is 1.97 bits per heavy atom. The van der Waals surface area contributed by atoms with Crippen LogP contribution in [0.1, 0.15) is 38.5 Å². The molecule has 0 aromatic carbocycles. The summed E-state index contributed by atoms with van der Waals surface area (Å²) in [7, 11) is 4.26. The first-order valence-electron chi connectivity index (χ1n) is 11.7. The SMILES string of the molecule is CN1CCC2C1C(=O)NCC(CCC(=O)N1CCN(C3CCCC[NH2+]3)CC1)[NH+]2C. The Kier molecular flexibility index (Phi) is 6.73. The van der Waals surface area contributed by atoms with Crippen molar-refractivity contribution in [3.05, 3.63) is 0 Å². The number of likely N-dealkylation sites (tertiary alicyclic amines) is 1. The highest BCUT2D eigenvalue weighted by molar-refractivity contribution is 5.83. The van der Waals surface area contributed by atoms with Crippen LogP contribution in [-0.2, 0) is 9.59 Å². The first-order valence-corrected chi connectivity index (χ1v) is 11.7. The third-order valence-electron chi connectivity index (χ3n) is 7.90. The van der Waals surface area contributed by atoms with E-state index in [1.54, 1.807) is 0 Å². The van der Waals surface area contributed by atoms with E-state index in [1.165, 1.54) is 30.7 Å². The molecule has 8 heteroatoms. The molecule has 8 nitrogen and oxygen atoms in total. The number of nitrogens with one attached hydrogen (secondary N) is 2. The molecule has 4 aliphatic heterocycles. The number of fused-ring (bicyclic) bond motifs is 1. The zero-order valence-electron chi connectivity index (χ0n) is 18.2. The molecule has 4 rings (SSSR count). The highest BCUT2D eigenvalue weighted by Crippen LogP contribution is 2.17. The van der Waals surface area contributed by atoms with Crippen LogP contribution in [0.25, 0.3) is 0 Å². The van der Waals surface area contributed by atoms with Crippen molar-refractivity contribution in [3.8, 4) is 0 Å². The van der Waals surface area contributed by atoms with E-state index >= 15 is 0 Å². The molecule has 0 spiro atoms. The van der Waals surface area contributed by atoms with E-state index in [9.17, 15) is 9.59 Å². The summed E-state index contributed by atoms with van der Waals surface area (Å²) in [5.41, 5.74) is 0. The number of hydrogen-bond acceptors (Lipinski definition) is 4. The number of amides is 2. The molecule has 4 aliphatic rings. The molecule has 2 amide bonds. The van der Waals surface area contributed by atoms with Crippen molar-refractivity contribution in [2.45, 2.75) is 62.8 Å². The summed E-state index contributed by atoms with van der Waals surface area (Å²) >= 11 is 0. The first kappa shape index (κ1) is 21.0. The van der Waals surface area contributed by atoms with E-state index in [0.717, 1.165) is 45.6 Å². The van der Waals surface area contributed by atoms with Crippen LogP contribution in [0.4, 0.5) is 0 Å². The molecule has 29 heavy (non-hydrogen) atoms. The molecule has 0 aliphatic carbocycles. The zero-order valence-corrected chi connectivity index (χ0v) is 18.2. The lowest BCUT2D eigenvalue weighted by atomic mass is 10.0. The topological polar surface area (TPSA) is 76.9 Å². The number of piperazine rings is 1. The summed E-state index contributed by atoms with van der Waals surface area (Å²) in [6.45, 7) is 6.65. The Labute approximate surface area is 174 Å². The van der Waals surface area contributed by atoms with Gasteiger partial charge in [-0.15, -0.1) is 0 Å². The van der Waals surface area contributed by atoms with Crippen LogP contribution in [0.15, 0.2) is 0 Å². The Bertz CT molecular complexity index is 588. The molecule has 0 bridgehead atoms. The number of likely N-dealkylation sites (N-methyl/N-ethyl adjacent to an activating group) is 2. The fraction of sp³-hybridized carbons (Fsp3) is 0.905. The van der Waals surface area contributed by atoms with E-state index in [1.807, 2.05) is 7.05 Å². The van der Waals surface area contributed by atoms with Crippen molar-refractivity contribution in [1.82, 2.24) is 20.0 Å². The van der Waals surface area contributed by atoms with Crippen molar-refractivity contribution in [1.29, 1.82) is 0 Å². The van der Waals surface area contributed by atoms with Crippen LogP contribution in [0.3, 0.4) is 0 Å². The number of hydrogen-bond donors (Lipinski definition) is 3. The molecule has 0 saturated carbocycles. The van der Waals surface area contributed by atoms with Crippen LogP contribution in [0.2, 0.25) is 0 Å². The lowest BCUT2D eigenvalue weighted by molar-refractivity contribution is -0.928. The van der Waals surface area contributed by atoms with Crippen LogP contribution in [0.5, 0.6) is 0 Å². The lowest BCUT2D eigenvalue weighted by Crippen LogP contribution is -3.18. The number of nitrogens with two attached hydrogens (primary N) is 1. The standard InChI is InChI=1S/C21H38N6O2/c1-24-10-8-17-20(24)21(29)23-15-16(25(17)2)6-7-19(28)27-13-11-26(12-14-27)18-5-3-4-9-22-18/h16-18,20,22H,3-15H2,1-2H3,(H,23,29)/p+2. The van der Waals surface area contributed by atoms with Gasteiger partial charge in [0.2, 0.25) is 11.8 Å². The van der Waals surface area contributed by atoms with Gasteiger partial charge in [0.15, 0.2) is 0 Å². The summed E-state index contributed by atoms with van der Waals surface area (Å²) in [5, 5.41) is 5.62. The molecule has 0 radical (unpaired) electrons. The Hall–Kier alpha value is -1.22. The zero-order chi connectivity index (χ0) is 20.4. The van der Waals surface area contributed by atoms with Gasteiger partial charge in [-0.2, -0.15) is 0 Å². The van der Waals surface area contributed by atoms with E-state index in [2.05, 4.69) is 32.4 Å². The first-order chi connectivity index (χ1) is 14.0. The fourth-order valence-electron chi connectivity index (χ4n) is 5.94. The third-order valence-corrected chi connectivity index (χ3v) is 7.90. The van der Waals surface area contributed by atoms with E-state index in [-0.39, 0.29) is 11.9 Å². The molecule has 5 atom stereocenters. The van der Waals surface area contributed by atoms with Gasteiger partial charge in [0.25, 0.3) is 0 Å². The number of nitrogens with zero attached hydrogens (tertiary/aromatic N) is 3. The predicted molar refractivity (Wildman–Crippen MR) is 110 cm³/mol. The summed E-state index contributed by atoms with van der Waals surface area (Å²) in [6.07, 6.45) is 7.11. The van der Waals surface area contributed by atoms with Gasteiger partial charge in [-0.3, -0.25) is 19.4 Å². The Morgan fingerprint density at radius 1 is 1.17 bits per heavy atom. The van der Waals surface area contributed by atoms with Gasteiger partial charge in [0, 0.05) is 58.4 Å². The van der Waals surface area contributed by atoms with Crippen LogP contribution < -0.4 is 15.5 Å². The summed E-state index contributed by atoms with van der Waals surface area (Å²) in [4.78, 5) is 33.6. The summed E-state index contributed by atoms with van der Waals surface area (Å²) in [5.74, 6) is 0.458. The monoisotopic (exact) mass is 408 g/mol. The number of carbonyl (C=O) groups excluding carboxylic acids is 2. The van der Waals surface area contributed by atoms with Crippen LogP contribution in [-0.4, -0.2) is 111 Å². The smallest absolute Gasteiger partial charge is 0.243 e. The second kappa shape index (κ2) is 9.29. The average molecular weight is 409 g/mol. The van der Waals surface area contributed by atoms with Crippen molar-refractivity contribution in [2.24, 2.45) is 0 Å². The minimum atomic E-state index is -0.0135. The minimum Gasteiger partial charge on any atom is -0.349 e. The quantitative estimate of drug-likeness (QED) is 0.466. The van der Waals surface area contributed by atoms with Gasteiger partial charge >= 0.3 is 0 Å². The number of quaternary nitrogens is 2. The molecule has 4 heterocycles. The number of piperidine rings is 1. The number of rotatable bonds is 4. The maximum absolute atomic E-state index is 12.9. The predicted octanol–water partition coefficient (Wildman–Crippen LogP) is -2.93. The lowest BCUT2D eigenvalue weighted by Gasteiger charge is -2.39. The largest absolute Gasteiger partial charge is 0.349 e. The summed E-state index contributed by atoms with van der Waals surface area (Å²) < 4.78 is 0. The van der Waals surface area contributed by atoms with Gasteiger partial charge < -0.3 is 20.4 Å². The van der Waals surface area contributed by atoms with Gasteiger partial charge in [-0.1, -0.05) is 0 Å². The molecule has 4 saturated heterocycles. The summed E-state index contributed by atoms with van der Waals surface area (Å²) in [6, 6.07) is 0.654. The van der Waals surface area contributed by atoms with Crippen molar-refractivity contribution < 1.29 is 19.8 Å². The Balaban J connectivity index is 1.25. The normalized spacial score (nSPS) is 37.1. The second-order valence-electron chi connectivity index (χ2n) is 9.55.